The Kier molecular flexibility index (Phi) is 2.61. The monoisotopic (exact) mass is 167 g/mol. The minimum atomic E-state index is -0.0469. The summed E-state index contributed by atoms with van der Waals surface area (Å²) >= 11 is 0. The van der Waals surface area contributed by atoms with Crippen molar-refractivity contribution >= 4 is 20.5 Å². The van der Waals surface area contributed by atoms with Crippen LogP contribution in [0.25, 0.3) is 0 Å². The quantitative estimate of drug-likeness (QED) is 0.608. The van der Waals surface area contributed by atoms with Gasteiger partial charge in [-0.15, -0.1) is 9.24 Å². The van der Waals surface area contributed by atoms with E-state index in [1.807, 2.05) is 18.2 Å². The van der Waals surface area contributed by atoms with Gasteiger partial charge >= 0.3 is 0 Å². The molecule has 0 aliphatic carbocycles. The zero-order valence-corrected chi connectivity index (χ0v) is 7.45. The van der Waals surface area contributed by atoms with Crippen molar-refractivity contribution in [2.45, 2.75) is 0 Å². The molecule has 0 spiro atoms. The van der Waals surface area contributed by atoms with Crippen molar-refractivity contribution < 1.29 is 4.79 Å². The van der Waals surface area contributed by atoms with E-state index in [4.69, 9.17) is 0 Å². The third-order valence-electron chi connectivity index (χ3n) is 1.38. The van der Waals surface area contributed by atoms with Crippen molar-refractivity contribution in [2.24, 2.45) is 0 Å². The van der Waals surface area contributed by atoms with Crippen molar-refractivity contribution in [3.05, 3.63) is 29.8 Å². The molecule has 0 aliphatic rings. The summed E-state index contributed by atoms with van der Waals surface area (Å²) in [6.07, 6.45) is 0. The zero-order valence-electron chi connectivity index (χ0n) is 6.29. The lowest BCUT2D eigenvalue weighted by Crippen LogP contribution is -2.18. The fourth-order valence-electron chi connectivity index (χ4n) is 0.824. The zero-order chi connectivity index (χ0) is 8.27. The van der Waals surface area contributed by atoms with Crippen LogP contribution in [-0.2, 0) is 0 Å². The van der Waals surface area contributed by atoms with Gasteiger partial charge in [0, 0.05) is 12.6 Å². The first-order valence-electron chi connectivity index (χ1n) is 3.31. The van der Waals surface area contributed by atoms with E-state index < -0.39 is 0 Å². The maximum atomic E-state index is 11.0. The predicted octanol–water partition coefficient (Wildman–Crippen LogP) is 0.547. The van der Waals surface area contributed by atoms with Gasteiger partial charge in [-0.1, -0.05) is 12.1 Å². The summed E-state index contributed by atoms with van der Waals surface area (Å²) in [5.74, 6) is -0.0469. The molecule has 58 valence electrons. The standard InChI is InChI=1S/C8H10NOP/c1-9-8(10)6-3-2-4-7(11)5-6/h2-5H,11H2,1H3,(H,9,10). The molecule has 0 saturated carbocycles. The third kappa shape index (κ3) is 2.02. The Morgan fingerprint density at radius 1 is 1.55 bits per heavy atom. The summed E-state index contributed by atoms with van der Waals surface area (Å²) in [6.45, 7) is 0. The SMILES string of the molecule is CNC(=O)c1cccc(P)c1. The van der Waals surface area contributed by atoms with Crippen LogP contribution in [0.1, 0.15) is 10.4 Å². The first-order valence-corrected chi connectivity index (χ1v) is 3.89. The topological polar surface area (TPSA) is 29.1 Å². The smallest absolute Gasteiger partial charge is 0.251 e. The second-order valence-electron chi connectivity index (χ2n) is 2.20. The van der Waals surface area contributed by atoms with Crippen molar-refractivity contribution in [2.75, 3.05) is 7.05 Å². The van der Waals surface area contributed by atoms with E-state index in [0.717, 1.165) is 5.30 Å². The molecule has 0 aromatic heterocycles. The van der Waals surface area contributed by atoms with Crippen LogP contribution in [0.3, 0.4) is 0 Å². The molecule has 1 rings (SSSR count). The molecule has 1 amide bonds. The van der Waals surface area contributed by atoms with Gasteiger partial charge in [0.15, 0.2) is 0 Å². The molecule has 11 heavy (non-hydrogen) atoms. The second-order valence-corrected chi connectivity index (χ2v) is 2.87. The Hall–Kier alpha value is -0.880. The van der Waals surface area contributed by atoms with Crippen LogP contribution in [0.2, 0.25) is 0 Å². The first kappa shape index (κ1) is 8.22. The maximum absolute atomic E-state index is 11.0. The van der Waals surface area contributed by atoms with E-state index in [-0.39, 0.29) is 5.91 Å². The molecule has 1 aromatic carbocycles. The van der Waals surface area contributed by atoms with E-state index >= 15 is 0 Å². The molecule has 1 atom stereocenters. The van der Waals surface area contributed by atoms with Gasteiger partial charge in [-0.05, 0) is 17.4 Å². The van der Waals surface area contributed by atoms with Crippen LogP contribution in [-0.4, -0.2) is 13.0 Å². The van der Waals surface area contributed by atoms with Gasteiger partial charge in [0.2, 0.25) is 0 Å². The van der Waals surface area contributed by atoms with Crippen molar-refractivity contribution in [3.8, 4) is 0 Å². The average molecular weight is 167 g/mol. The number of carbonyl (C=O) groups excluding carboxylic acids is 1. The minimum Gasteiger partial charge on any atom is -0.355 e. The number of carbonyl (C=O) groups is 1. The van der Waals surface area contributed by atoms with E-state index in [2.05, 4.69) is 14.6 Å². The Balaban J connectivity index is 2.96. The molecule has 0 fully saturated rings. The average Bonchev–Trinajstić information content (AvgIpc) is 2.03. The molecule has 1 unspecified atom stereocenters. The molecule has 3 heteroatoms. The van der Waals surface area contributed by atoms with Crippen molar-refractivity contribution in [1.82, 2.24) is 5.32 Å². The van der Waals surface area contributed by atoms with Gasteiger partial charge in [-0.25, -0.2) is 0 Å². The van der Waals surface area contributed by atoms with E-state index in [9.17, 15) is 4.79 Å². The van der Waals surface area contributed by atoms with Gasteiger partial charge < -0.3 is 5.32 Å². The molecule has 0 heterocycles. The molecule has 1 aromatic rings. The predicted molar refractivity (Wildman–Crippen MR) is 49.2 cm³/mol. The normalized spacial score (nSPS) is 9.27. The summed E-state index contributed by atoms with van der Waals surface area (Å²) < 4.78 is 0. The molecule has 0 aliphatic heterocycles. The summed E-state index contributed by atoms with van der Waals surface area (Å²) in [5, 5.41) is 3.58. The van der Waals surface area contributed by atoms with Crippen molar-refractivity contribution in [3.63, 3.8) is 0 Å². The molecule has 2 nitrogen and oxygen atoms in total. The highest BCUT2D eigenvalue weighted by molar-refractivity contribution is 7.27. The number of amides is 1. The third-order valence-corrected chi connectivity index (χ3v) is 1.73. The molecular weight excluding hydrogens is 157 g/mol. The lowest BCUT2D eigenvalue weighted by atomic mass is 10.2. The van der Waals surface area contributed by atoms with Gasteiger partial charge in [-0.2, -0.15) is 0 Å². The highest BCUT2D eigenvalue weighted by atomic mass is 31.0. The number of nitrogens with one attached hydrogen (secondary N) is 1. The van der Waals surface area contributed by atoms with E-state index in [0.29, 0.717) is 5.56 Å². The highest BCUT2D eigenvalue weighted by Crippen LogP contribution is 1.98. The fourth-order valence-corrected chi connectivity index (χ4v) is 1.11. The van der Waals surface area contributed by atoms with Gasteiger partial charge in [-0.3, -0.25) is 4.79 Å². The summed E-state index contributed by atoms with van der Waals surface area (Å²) in [5.41, 5.74) is 0.694. The van der Waals surface area contributed by atoms with E-state index in [1.165, 1.54) is 0 Å². The van der Waals surface area contributed by atoms with Gasteiger partial charge in [0.1, 0.15) is 0 Å². The number of benzene rings is 1. The maximum Gasteiger partial charge on any atom is 0.251 e. The Labute approximate surface area is 68.2 Å². The fraction of sp³-hybridized carbons (Fsp3) is 0.125. The minimum absolute atomic E-state index is 0.0469. The molecule has 0 radical (unpaired) electrons. The van der Waals surface area contributed by atoms with Gasteiger partial charge in [0.05, 0.1) is 0 Å². The lowest BCUT2D eigenvalue weighted by molar-refractivity contribution is 0.0963. The number of hydrogen-bond donors (Lipinski definition) is 1. The van der Waals surface area contributed by atoms with Crippen molar-refractivity contribution in [1.29, 1.82) is 0 Å². The summed E-state index contributed by atoms with van der Waals surface area (Å²) in [7, 11) is 4.17. The molecule has 0 bridgehead atoms. The lowest BCUT2D eigenvalue weighted by Gasteiger charge is -1.99. The van der Waals surface area contributed by atoms with Crippen LogP contribution in [0.15, 0.2) is 24.3 Å². The Morgan fingerprint density at radius 3 is 2.82 bits per heavy atom. The molecule has 0 saturated heterocycles. The summed E-state index contributed by atoms with van der Waals surface area (Å²) in [6, 6.07) is 7.39. The second kappa shape index (κ2) is 3.49. The largest absolute Gasteiger partial charge is 0.355 e. The van der Waals surface area contributed by atoms with Crippen LogP contribution in [0.4, 0.5) is 0 Å². The summed E-state index contributed by atoms with van der Waals surface area (Å²) in [4.78, 5) is 11.0. The molecular formula is C8H10NOP. The first-order chi connectivity index (χ1) is 5.24. The number of hydrogen-bond acceptors (Lipinski definition) is 1. The highest BCUT2D eigenvalue weighted by Gasteiger charge is 2.00. The Bertz CT molecular complexity index is 273. The van der Waals surface area contributed by atoms with Crippen LogP contribution >= 0.6 is 9.24 Å². The van der Waals surface area contributed by atoms with Gasteiger partial charge in [0.25, 0.3) is 5.91 Å². The van der Waals surface area contributed by atoms with Crippen LogP contribution in [0, 0.1) is 0 Å². The molecule has 1 N–H and O–H groups in total. The number of rotatable bonds is 1. The Morgan fingerprint density at radius 2 is 2.27 bits per heavy atom. The van der Waals surface area contributed by atoms with Crippen LogP contribution < -0.4 is 10.6 Å². The van der Waals surface area contributed by atoms with E-state index in [1.54, 1.807) is 13.1 Å². The van der Waals surface area contributed by atoms with Crippen LogP contribution in [0.5, 0.6) is 0 Å².